The number of imidazole rings is 1. The van der Waals surface area contributed by atoms with E-state index >= 15 is 0 Å². The van der Waals surface area contributed by atoms with Crippen LogP contribution < -0.4 is 0 Å². The van der Waals surface area contributed by atoms with Crippen molar-refractivity contribution in [3.8, 4) is 0 Å². The Morgan fingerprint density at radius 2 is 1.96 bits per heavy atom. The summed E-state index contributed by atoms with van der Waals surface area (Å²) in [6, 6.07) is 2.09. The number of aromatic nitrogens is 3. The normalized spacial score (nSPS) is 18.2. The Morgan fingerprint density at radius 1 is 1.07 bits per heavy atom. The molecule has 0 unspecified atom stereocenters. The number of carbonyl (C=O) groups is 1. The highest BCUT2D eigenvalue weighted by atomic mass is 16.2. The van der Waals surface area contributed by atoms with Crippen molar-refractivity contribution in [2.75, 3.05) is 32.7 Å². The number of nitrogens with zero attached hydrogens (tertiary/aromatic N) is 5. The maximum absolute atomic E-state index is 13.0. The molecule has 3 heterocycles. The first-order valence-corrected chi connectivity index (χ1v) is 10.2. The van der Waals surface area contributed by atoms with Gasteiger partial charge in [0.15, 0.2) is 0 Å². The molecule has 0 saturated carbocycles. The molecule has 2 aromatic rings. The van der Waals surface area contributed by atoms with Crippen LogP contribution >= 0.6 is 0 Å². The Labute approximate surface area is 161 Å². The zero-order valence-electron chi connectivity index (χ0n) is 16.2. The third-order valence-electron chi connectivity index (χ3n) is 5.86. The average Bonchev–Trinajstić information content (AvgIpc) is 2.97. The van der Waals surface area contributed by atoms with Gasteiger partial charge < -0.3 is 14.4 Å². The average molecular weight is 367 g/mol. The molecule has 1 amide bonds. The molecule has 1 fully saturated rings. The largest absolute Gasteiger partial charge is 0.338 e. The van der Waals surface area contributed by atoms with E-state index in [-0.39, 0.29) is 5.91 Å². The van der Waals surface area contributed by atoms with Gasteiger partial charge in [0, 0.05) is 63.9 Å². The zero-order chi connectivity index (χ0) is 18.6. The van der Waals surface area contributed by atoms with E-state index in [1.165, 1.54) is 24.1 Å². The Kier molecular flexibility index (Phi) is 5.53. The van der Waals surface area contributed by atoms with Gasteiger partial charge in [0.05, 0.1) is 5.56 Å². The van der Waals surface area contributed by atoms with Crippen molar-refractivity contribution >= 4 is 5.91 Å². The lowest BCUT2D eigenvalue weighted by Gasteiger charge is -2.23. The molecule has 0 radical (unpaired) electrons. The fourth-order valence-electron chi connectivity index (χ4n) is 4.18. The quantitative estimate of drug-likeness (QED) is 0.830. The summed E-state index contributed by atoms with van der Waals surface area (Å²) < 4.78 is 2.08. The van der Waals surface area contributed by atoms with Crippen molar-refractivity contribution in [2.24, 2.45) is 7.05 Å². The maximum Gasteiger partial charge on any atom is 0.255 e. The highest BCUT2D eigenvalue weighted by molar-refractivity contribution is 5.94. The van der Waals surface area contributed by atoms with E-state index in [4.69, 9.17) is 0 Å². The molecule has 0 aromatic carbocycles. The SMILES string of the molecule is Cn1ccnc1CCN1CCCN(C(=O)c2cnc3c(c2)CCCC3)CC1. The van der Waals surface area contributed by atoms with Gasteiger partial charge in [0.2, 0.25) is 0 Å². The van der Waals surface area contributed by atoms with Gasteiger partial charge in [0.1, 0.15) is 5.82 Å². The van der Waals surface area contributed by atoms with Crippen molar-refractivity contribution in [3.05, 3.63) is 47.3 Å². The van der Waals surface area contributed by atoms with Crippen molar-refractivity contribution in [1.82, 2.24) is 24.3 Å². The molecule has 1 saturated heterocycles. The van der Waals surface area contributed by atoms with E-state index in [1.807, 2.05) is 24.3 Å². The second kappa shape index (κ2) is 8.21. The molecule has 0 atom stereocenters. The summed E-state index contributed by atoms with van der Waals surface area (Å²) >= 11 is 0. The summed E-state index contributed by atoms with van der Waals surface area (Å²) in [4.78, 5) is 26.4. The smallest absolute Gasteiger partial charge is 0.255 e. The van der Waals surface area contributed by atoms with E-state index in [0.717, 1.165) is 69.8 Å². The van der Waals surface area contributed by atoms with E-state index in [1.54, 1.807) is 6.20 Å². The van der Waals surface area contributed by atoms with Crippen molar-refractivity contribution in [3.63, 3.8) is 0 Å². The summed E-state index contributed by atoms with van der Waals surface area (Å²) in [5, 5.41) is 0. The third kappa shape index (κ3) is 4.21. The first kappa shape index (κ1) is 18.2. The molecule has 6 nitrogen and oxygen atoms in total. The van der Waals surface area contributed by atoms with E-state index < -0.39 is 0 Å². The minimum Gasteiger partial charge on any atom is -0.338 e. The second-order valence-electron chi connectivity index (χ2n) is 7.73. The molecule has 1 aliphatic heterocycles. The highest BCUT2D eigenvalue weighted by Crippen LogP contribution is 2.21. The van der Waals surface area contributed by atoms with Crippen LogP contribution in [-0.4, -0.2) is 63.0 Å². The molecular weight excluding hydrogens is 338 g/mol. The van der Waals surface area contributed by atoms with Gasteiger partial charge in [0.25, 0.3) is 5.91 Å². The molecule has 2 aliphatic rings. The molecule has 27 heavy (non-hydrogen) atoms. The predicted octanol–water partition coefficient (Wildman–Crippen LogP) is 2.08. The van der Waals surface area contributed by atoms with Gasteiger partial charge in [-0.05, 0) is 50.3 Å². The fourth-order valence-corrected chi connectivity index (χ4v) is 4.18. The molecule has 0 bridgehead atoms. The standard InChI is InChI=1S/C21H29N5O/c1-24-12-8-22-20(24)7-11-25-9-4-10-26(14-13-25)21(27)18-15-17-5-2-3-6-19(17)23-16-18/h8,12,15-16H,2-7,9-11,13-14H2,1H3. The minimum atomic E-state index is 0.141. The predicted molar refractivity (Wildman–Crippen MR) is 105 cm³/mol. The van der Waals surface area contributed by atoms with Gasteiger partial charge in [-0.1, -0.05) is 0 Å². The number of aryl methyl sites for hydroxylation is 3. The van der Waals surface area contributed by atoms with Gasteiger partial charge in [-0.15, -0.1) is 0 Å². The van der Waals surface area contributed by atoms with E-state index in [2.05, 4.69) is 25.5 Å². The van der Waals surface area contributed by atoms with Crippen LogP contribution in [0.1, 0.15) is 46.7 Å². The van der Waals surface area contributed by atoms with E-state index in [0.29, 0.717) is 0 Å². The van der Waals surface area contributed by atoms with Crippen LogP contribution in [0.5, 0.6) is 0 Å². The monoisotopic (exact) mass is 367 g/mol. The number of pyridine rings is 1. The van der Waals surface area contributed by atoms with Crippen LogP contribution in [0.2, 0.25) is 0 Å². The first-order valence-electron chi connectivity index (χ1n) is 10.2. The zero-order valence-corrected chi connectivity index (χ0v) is 16.2. The molecular formula is C21H29N5O. The number of hydrogen-bond donors (Lipinski definition) is 0. The van der Waals surface area contributed by atoms with Gasteiger partial charge in [-0.25, -0.2) is 4.98 Å². The highest BCUT2D eigenvalue weighted by Gasteiger charge is 2.22. The molecule has 6 heteroatoms. The summed E-state index contributed by atoms with van der Waals surface area (Å²) in [5.41, 5.74) is 3.23. The van der Waals surface area contributed by atoms with Crippen molar-refractivity contribution < 1.29 is 4.79 Å². The van der Waals surface area contributed by atoms with Gasteiger partial charge in [-0.3, -0.25) is 9.78 Å². The first-order chi connectivity index (χ1) is 13.2. The number of rotatable bonds is 4. The van der Waals surface area contributed by atoms with Crippen LogP contribution in [0.3, 0.4) is 0 Å². The molecule has 1 aliphatic carbocycles. The fraction of sp³-hybridized carbons (Fsp3) is 0.571. The topological polar surface area (TPSA) is 54.3 Å². The third-order valence-corrected chi connectivity index (χ3v) is 5.86. The lowest BCUT2D eigenvalue weighted by atomic mass is 9.95. The van der Waals surface area contributed by atoms with Crippen molar-refractivity contribution in [2.45, 2.75) is 38.5 Å². The number of hydrogen-bond acceptors (Lipinski definition) is 4. The molecule has 2 aromatic heterocycles. The van der Waals surface area contributed by atoms with E-state index in [9.17, 15) is 4.79 Å². The Bertz CT molecular complexity index is 800. The van der Waals surface area contributed by atoms with Crippen LogP contribution in [0.4, 0.5) is 0 Å². The summed E-state index contributed by atoms with van der Waals surface area (Å²) in [6.45, 7) is 4.57. The second-order valence-corrected chi connectivity index (χ2v) is 7.73. The van der Waals surface area contributed by atoms with Crippen molar-refractivity contribution in [1.29, 1.82) is 0 Å². The number of carbonyl (C=O) groups excluding carboxylic acids is 1. The maximum atomic E-state index is 13.0. The van der Waals surface area contributed by atoms with Gasteiger partial charge in [-0.2, -0.15) is 0 Å². The van der Waals surface area contributed by atoms with Crippen LogP contribution in [0.25, 0.3) is 0 Å². The number of fused-ring (bicyclic) bond motifs is 1. The minimum absolute atomic E-state index is 0.141. The lowest BCUT2D eigenvalue weighted by Crippen LogP contribution is -2.36. The van der Waals surface area contributed by atoms with Crippen LogP contribution in [0.15, 0.2) is 24.7 Å². The van der Waals surface area contributed by atoms with Gasteiger partial charge >= 0.3 is 0 Å². The summed E-state index contributed by atoms with van der Waals surface area (Å²) in [6.07, 6.45) is 12.1. The Balaban J connectivity index is 1.35. The lowest BCUT2D eigenvalue weighted by molar-refractivity contribution is 0.0761. The number of amides is 1. The molecule has 0 spiro atoms. The Morgan fingerprint density at radius 3 is 2.81 bits per heavy atom. The van der Waals surface area contributed by atoms with Crippen LogP contribution in [0, 0.1) is 0 Å². The van der Waals surface area contributed by atoms with Crippen LogP contribution in [-0.2, 0) is 26.3 Å². The molecule has 144 valence electrons. The summed E-state index contributed by atoms with van der Waals surface area (Å²) in [7, 11) is 2.04. The molecule has 4 rings (SSSR count). The molecule has 0 N–H and O–H groups in total. The Hall–Kier alpha value is -2.21. The summed E-state index contributed by atoms with van der Waals surface area (Å²) in [5.74, 6) is 1.26.